The van der Waals surface area contributed by atoms with E-state index in [1.54, 1.807) is 12.1 Å². The van der Waals surface area contributed by atoms with Gasteiger partial charge in [-0.3, -0.25) is 0 Å². The summed E-state index contributed by atoms with van der Waals surface area (Å²) in [6, 6.07) is 14.8. The molecule has 0 aliphatic carbocycles. The number of phenols is 1. The zero-order valence-electron chi connectivity index (χ0n) is 11.0. The molecule has 0 aliphatic heterocycles. The quantitative estimate of drug-likeness (QED) is 0.863. The Morgan fingerprint density at radius 3 is 2.32 bits per heavy atom. The lowest BCUT2D eigenvalue weighted by molar-refractivity contribution is 0.312. The minimum atomic E-state index is 0.286. The second-order valence-corrected chi connectivity index (χ2v) is 4.17. The van der Waals surface area contributed by atoms with Gasteiger partial charge in [0, 0.05) is 12.5 Å². The molecule has 0 saturated carbocycles. The monoisotopic (exact) mass is 258 g/mol. The van der Waals surface area contributed by atoms with E-state index < -0.39 is 0 Å². The average Bonchev–Trinajstić information content (AvgIpc) is 2.42. The molecule has 2 aromatic carbocycles. The average molecular weight is 258 g/mol. The van der Waals surface area contributed by atoms with Gasteiger partial charge in [-0.2, -0.15) is 0 Å². The molecule has 0 bridgehead atoms. The highest BCUT2D eigenvalue weighted by Crippen LogP contribution is 2.19. The molecular formula is C16H18O3. The fraction of sp³-hybridized carbons (Fsp3) is 0.250. The lowest BCUT2D eigenvalue weighted by atomic mass is 10.1. The van der Waals surface area contributed by atoms with Gasteiger partial charge in [0.25, 0.3) is 0 Å². The van der Waals surface area contributed by atoms with Crippen molar-refractivity contribution in [2.75, 3.05) is 13.2 Å². The van der Waals surface area contributed by atoms with Crippen LogP contribution in [0.15, 0.2) is 48.5 Å². The number of hydrogen-bond donors (Lipinski definition) is 1. The van der Waals surface area contributed by atoms with Gasteiger partial charge in [-0.1, -0.05) is 18.2 Å². The van der Waals surface area contributed by atoms with Crippen molar-refractivity contribution in [3.63, 3.8) is 0 Å². The lowest BCUT2D eigenvalue weighted by Gasteiger charge is -2.08. The number of rotatable bonds is 6. The zero-order chi connectivity index (χ0) is 13.5. The van der Waals surface area contributed by atoms with Crippen LogP contribution in [0.3, 0.4) is 0 Å². The van der Waals surface area contributed by atoms with E-state index >= 15 is 0 Å². The van der Waals surface area contributed by atoms with Gasteiger partial charge in [0.2, 0.25) is 0 Å². The van der Waals surface area contributed by atoms with Crippen LogP contribution in [0.25, 0.3) is 0 Å². The molecule has 3 heteroatoms. The van der Waals surface area contributed by atoms with E-state index in [1.807, 2.05) is 43.3 Å². The van der Waals surface area contributed by atoms with Crippen LogP contribution in [0.1, 0.15) is 12.5 Å². The fourth-order valence-electron chi connectivity index (χ4n) is 1.77. The molecule has 0 spiro atoms. The maximum Gasteiger partial charge on any atom is 0.122 e. The molecule has 0 atom stereocenters. The van der Waals surface area contributed by atoms with Crippen molar-refractivity contribution in [2.45, 2.75) is 13.3 Å². The molecule has 3 nitrogen and oxygen atoms in total. The molecule has 0 heterocycles. The van der Waals surface area contributed by atoms with Crippen molar-refractivity contribution >= 4 is 0 Å². The Kier molecular flexibility index (Phi) is 4.67. The predicted molar refractivity (Wildman–Crippen MR) is 74.9 cm³/mol. The van der Waals surface area contributed by atoms with Crippen LogP contribution in [0, 0.1) is 0 Å². The first-order valence-corrected chi connectivity index (χ1v) is 6.41. The fourth-order valence-corrected chi connectivity index (χ4v) is 1.77. The van der Waals surface area contributed by atoms with E-state index in [9.17, 15) is 5.11 Å². The number of aromatic hydroxyl groups is 1. The standard InChI is InChI=1S/C16H18O3/c1-2-18-15-4-3-5-16(12-15)19-11-10-13-6-8-14(17)9-7-13/h3-9,12,17H,2,10-11H2,1H3. The first kappa shape index (κ1) is 13.3. The van der Waals surface area contributed by atoms with E-state index in [-0.39, 0.29) is 5.75 Å². The Morgan fingerprint density at radius 2 is 1.63 bits per heavy atom. The minimum absolute atomic E-state index is 0.286. The van der Waals surface area contributed by atoms with E-state index in [0.29, 0.717) is 13.2 Å². The summed E-state index contributed by atoms with van der Waals surface area (Å²) < 4.78 is 11.1. The molecule has 0 saturated heterocycles. The first-order chi connectivity index (χ1) is 9.28. The summed E-state index contributed by atoms with van der Waals surface area (Å²) >= 11 is 0. The third-order valence-corrected chi connectivity index (χ3v) is 2.71. The van der Waals surface area contributed by atoms with Crippen LogP contribution in [-0.2, 0) is 6.42 Å². The van der Waals surface area contributed by atoms with Gasteiger partial charge < -0.3 is 14.6 Å². The normalized spacial score (nSPS) is 10.2. The van der Waals surface area contributed by atoms with Crippen LogP contribution in [0.2, 0.25) is 0 Å². The van der Waals surface area contributed by atoms with Crippen molar-refractivity contribution in [3.8, 4) is 17.2 Å². The van der Waals surface area contributed by atoms with E-state index in [2.05, 4.69) is 0 Å². The van der Waals surface area contributed by atoms with Gasteiger partial charge in [-0.15, -0.1) is 0 Å². The van der Waals surface area contributed by atoms with Crippen molar-refractivity contribution < 1.29 is 14.6 Å². The summed E-state index contributed by atoms with van der Waals surface area (Å²) in [6.07, 6.45) is 0.805. The summed E-state index contributed by atoms with van der Waals surface area (Å²) in [7, 11) is 0. The molecule has 0 radical (unpaired) electrons. The molecule has 0 aromatic heterocycles. The van der Waals surface area contributed by atoms with Gasteiger partial charge in [-0.05, 0) is 36.8 Å². The second kappa shape index (κ2) is 6.69. The van der Waals surface area contributed by atoms with E-state index in [1.165, 1.54) is 0 Å². The van der Waals surface area contributed by atoms with Crippen molar-refractivity contribution in [3.05, 3.63) is 54.1 Å². The third kappa shape index (κ3) is 4.21. The largest absolute Gasteiger partial charge is 0.508 e. The SMILES string of the molecule is CCOc1cccc(OCCc2ccc(O)cc2)c1. The van der Waals surface area contributed by atoms with Crippen LogP contribution in [-0.4, -0.2) is 18.3 Å². The molecular weight excluding hydrogens is 240 g/mol. The highest BCUT2D eigenvalue weighted by Gasteiger charge is 1.98. The van der Waals surface area contributed by atoms with E-state index in [4.69, 9.17) is 9.47 Å². The zero-order valence-corrected chi connectivity index (χ0v) is 11.0. The molecule has 100 valence electrons. The summed E-state index contributed by atoms with van der Waals surface area (Å²) in [5.41, 5.74) is 1.14. The molecule has 0 fully saturated rings. The molecule has 2 rings (SSSR count). The number of benzene rings is 2. The predicted octanol–water partition coefficient (Wildman–Crippen LogP) is 3.41. The third-order valence-electron chi connectivity index (χ3n) is 2.71. The highest BCUT2D eigenvalue weighted by atomic mass is 16.5. The minimum Gasteiger partial charge on any atom is -0.508 e. The van der Waals surface area contributed by atoms with Crippen LogP contribution in [0.5, 0.6) is 17.2 Å². The molecule has 19 heavy (non-hydrogen) atoms. The smallest absolute Gasteiger partial charge is 0.122 e. The Morgan fingerprint density at radius 1 is 0.947 bits per heavy atom. The summed E-state index contributed by atoms with van der Waals surface area (Å²) in [5, 5.41) is 9.20. The molecule has 0 aliphatic rings. The molecule has 0 amide bonds. The lowest BCUT2D eigenvalue weighted by Crippen LogP contribution is -2.01. The van der Waals surface area contributed by atoms with Gasteiger partial charge >= 0.3 is 0 Å². The maximum absolute atomic E-state index is 9.20. The van der Waals surface area contributed by atoms with Crippen LogP contribution in [0.4, 0.5) is 0 Å². The number of phenolic OH excluding ortho intramolecular Hbond substituents is 1. The van der Waals surface area contributed by atoms with Gasteiger partial charge in [-0.25, -0.2) is 0 Å². The van der Waals surface area contributed by atoms with Crippen LogP contribution >= 0.6 is 0 Å². The van der Waals surface area contributed by atoms with Crippen molar-refractivity contribution in [1.82, 2.24) is 0 Å². The van der Waals surface area contributed by atoms with Gasteiger partial charge in [0.15, 0.2) is 0 Å². The van der Waals surface area contributed by atoms with E-state index in [0.717, 1.165) is 23.5 Å². The second-order valence-electron chi connectivity index (χ2n) is 4.17. The number of ether oxygens (including phenoxy) is 2. The highest BCUT2D eigenvalue weighted by molar-refractivity contribution is 5.33. The Balaban J connectivity index is 1.85. The van der Waals surface area contributed by atoms with Gasteiger partial charge in [0.1, 0.15) is 17.2 Å². The summed E-state index contributed by atoms with van der Waals surface area (Å²) in [4.78, 5) is 0. The summed E-state index contributed by atoms with van der Waals surface area (Å²) in [5.74, 6) is 1.92. The van der Waals surface area contributed by atoms with Crippen molar-refractivity contribution in [2.24, 2.45) is 0 Å². The topological polar surface area (TPSA) is 38.7 Å². The molecule has 2 aromatic rings. The van der Waals surface area contributed by atoms with Gasteiger partial charge in [0.05, 0.1) is 13.2 Å². The molecule has 1 N–H and O–H groups in total. The molecule has 0 unspecified atom stereocenters. The Bertz CT molecular complexity index is 506. The van der Waals surface area contributed by atoms with Crippen LogP contribution < -0.4 is 9.47 Å². The Labute approximate surface area is 113 Å². The Hall–Kier alpha value is -2.16. The van der Waals surface area contributed by atoms with Crippen molar-refractivity contribution in [1.29, 1.82) is 0 Å². The maximum atomic E-state index is 9.20. The summed E-state index contributed by atoms with van der Waals surface area (Å²) in [6.45, 7) is 3.20. The first-order valence-electron chi connectivity index (χ1n) is 6.41. The number of hydrogen-bond acceptors (Lipinski definition) is 3.